The van der Waals surface area contributed by atoms with E-state index in [0.717, 1.165) is 32.4 Å². The molecule has 0 N–H and O–H groups in total. The lowest BCUT2D eigenvalue weighted by molar-refractivity contribution is -0.147. The molecule has 0 saturated carbocycles. The maximum absolute atomic E-state index is 13.6. The Balaban J connectivity index is 1.65. The van der Waals surface area contributed by atoms with Gasteiger partial charge in [-0.15, -0.1) is 0 Å². The molecular weight excluding hydrogens is 353 g/mol. The van der Waals surface area contributed by atoms with Gasteiger partial charge < -0.3 is 4.57 Å². The number of hydrogen-bond acceptors (Lipinski definition) is 3. The van der Waals surface area contributed by atoms with E-state index < -0.39 is 12.0 Å². The van der Waals surface area contributed by atoms with Crippen LogP contribution >= 0.6 is 0 Å². The number of likely N-dealkylation sites (tertiary alicyclic amines) is 1. The number of hydrogen-bond donors (Lipinski definition) is 0. The number of aromatic nitrogens is 3. The first-order chi connectivity index (χ1) is 13.0. The molecule has 1 fully saturated rings. The van der Waals surface area contributed by atoms with Crippen molar-refractivity contribution in [3.8, 4) is 0 Å². The maximum atomic E-state index is 13.6. The fourth-order valence-corrected chi connectivity index (χ4v) is 3.85. The average Bonchev–Trinajstić information content (AvgIpc) is 3.03. The van der Waals surface area contributed by atoms with Gasteiger partial charge in [-0.05, 0) is 37.1 Å². The Morgan fingerprint density at radius 2 is 1.85 bits per heavy atom. The van der Waals surface area contributed by atoms with Gasteiger partial charge in [0.2, 0.25) is 5.82 Å². The zero-order valence-electron chi connectivity index (χ0n) is 14.9. The summed E-state index contributed by atoms with van der Waals surface area (Å²) in [5, 5.41) is 0. The van der Waals surface area contributed by atoms with Crippen LogP contribution in [0.15, 0.2) is 48.7 Å². The number of fused-ring (bicyclic) bond motifs is 1. The fourth-order valence-electron chi connectivity index (χ4n) is 3.85. The summed E-state index contributed by atoms with van der Waals surface area (Å²) in [6.07, 6.45) is -0.0186. The fraction of sp³-hybridized carbons (Fsp3) is 0.400. The predicted molar refractivity (Wildman–Crippen MR) is 97.0 cm³/mol. The summed E-state index contributed by atoms with van der Waals surface area (Å²) in [5.41, 5.74) is 1.76. The minimum absolute atomic E-state index is 0.0273. The molecule has 0 amide bonds. The van der Waals surface area contributed by atoms with Crippen molar-refractivity contribution in [2.45, 2.75) is 44.6 Å². The number of alkyl halides is 3. The van der Waals surface area contributed by atoms with Gasteiger partial charge in [0.15, 0.2) is 5.65 Å². The SMILES string of the molecule is FC(F)(F)c1nc2cccnc2n1C[C@H]1CCCCN1Cc1ccccc1. The standard InChI is InChI=1S/C20H21F3N4/c21-20(22,23)19-25-17-10-6-11-24-18(17)27(19)14-16-9-4-5-12-26(16)13-15-7-2-1-3-8-15/h1-3,6-8,10-11,16H,4-5,9,12-14H2/t16-/m1/s1. The minimum atomic E-state index is -4.50. The third-order valence-electron chi connectivity index (χ3n) is 5.13. The van der Waals surface area contributed by atoms with Gasteiger partial charge in [0.05, 0.1) is 0 Å². The predicted octanol–water partition coefficient (Wildman–Crippen LogP) is 4.50. The highest BCUT2D eigenvalue weighted by Crippen LogP contribution is 2.32. The van der Waals surface area contributed by atoms with Gasteiger partial charge in [-0.1, -0.05) is 36.8 Å². The molecule has 0 bridgehead atoms. The lowest BCUT2D eigenvalue weighted by Crippen LogP contribution is -2.42. The molecule has 4 nitrogen and oxygen atoms in total. The lowest BCUT2D eigenvalue weighted by Gasteiger charge is -2.36. The van der Waals surface area contributed by atoms with Crippen molar-refractivity contribution in [3.05, 3.63) is 60.0 Å². The van der Waals surface area contributed by atoms with E-state index in [-0.39, 0.29) is 18.1 Å². The molecule has 3 aromatic rings. The molecule has 1 saturated heterocycles. The molecule has 2 aromatic heterocycles. The van der Waals surface area contributed by atoms with E-state index in [1.165, 1.54) is 16.3 Å². The smallest absolute Gasteiger partial charge is 0.303 e. The average molecular weight is 374 g/mol. The number of imidazole rings is 1. The molecule has 142 valence electrons. The van der Waals surface area contributed by atoms with Crippen molar-refractivity contribution in [2.75, 3.05) is 6.54 Å². The molecule has 0 unspecified atom stereocenters. The molecule has 1 aromatic carbocycles. The van der Waals surface area contributed by atoms with E-state index in [1.54, 1.807) is 12.1 Å². The normalized spacial score (nSPS) is 18.9. The van der Waals surface area contributed by atoms with Crippen LogP contribution in [0.4, 0.5) is 13.2 Å². The van der Waals surface area contributed by atoms with Crippen LogP contribution in [0.2, 0.25) is 0 Å². The third kappa shape index (κ3) is 3.83. The summed E-state index contributed by atoms with van der Waals surface area (Å²) >= 11 is 0. The summed E-state index contributed by atoms with van der Waals surface area (Å²) < 4.78 is 41.9. The zero-order chi connectivity index (χ0) is 18.9. The number of rotatable bonds is 4. The van der Waals surface area contributed by atoms with Crippen LogP contribution < -0.4 is 0 Å². The monoisotopic (exact) mass is 374 g/mol. The summed E-state index contributed by atoms with van der Waals surface area (Å²) in [4.78, 5) is 10.3. The van der Waals surface area contributed by atoms with E-state index in [9.17, 15) is 13.2 Å². The molecule has 0 radical (unpaired) electrons. The summed E-state index contributed by atoms with van der Waals surface area (Å²) in [6, 6.07) is 13.3. The number of nitrogens with zero attached hydrogens (tertiary/aromatic N) is 4. The second kappa shape index (κ2) is 7.31. The Morgan fingerprint density at radius 3 is 2.63 bits per heavy atom. The van der Waals surface area contributed by atoms with E-state index in [4.69, 9.17) is 0 Å². The largest absolute Gasteiger partial charge is 0.449 e. The van der Waals surface area contributed by atoms with Crippen LogP contribution in [-0.4, -0.2) is 32.0 Å². The second-order valence-corrected chi connectivity index (χ2v) is 7.00. The minimum Gasteiger partial charge on any atom is -0.303 e. The van der Waals surface area contributed by atoms with E-state index >= 15 is 0 Å². The van der Waals surface area contributed by atoms with Gasteiger partial charge >= 0.3 is 6.18 Å². The van der Waals surface area contributed by atoms with Crippen LogP contribution in [0.3, 0.4) is 0 Å². The Morgan fingerprint density at radius 1 is 1.04 bits per heavy atom. The number of benzene rings is 1. The van der Waals surface area contributed by atoms with Crippen molar-refractivity contribution >= 4 is 11.2 Å². The van der Waals surface area contributed by atoms with E-state index in [1.807, 2.05) is 18.2 Å². The molecule has 3 heterocycles. The molecule has 0 aliphatic carbocycles. The maximum Gasteiger partial charge on any atom is 0.449 e. The van der Waals surface area contributed by atoms with Crippen LogP contribution in [0, 0.1) is 0 Å². The number of piperidine rings is 1. The quantitative estimate of drug-likeness (QED) is 0.674. The Bertz CT molecular complexity index is 904. The number of pyridine rings is 1. The van der Waals surface area contributed by atoms with Crippen LogP contribution in [0.1, 0.15) is 30.7 Å². The van der Waals surface area contributed by atoms with E-state index in [0.29, 0.717) is 5.65 Å². The van der Waals surface area contributed by atoms with Gasteiger partial charge in [0, 0.05) is 25.3 Å². The second-order valence-electron chi connectivity index (χ2n) is 7.00. The molecule has 0 spiro atoms. The van der Waals surface area contributed by atoms with Crippen molar-refractivity contribution in [1.82, 2.24) is 19.4 Å². The highest BCUT2D eigenvalue weighted by atomic mass is 19.4. The van der Waals surface area contributed by atoms with Crippen molar-refractivity contribution in [1.29, 1.82) is 0 Å². The van der Waals surface area contributed by atoms with Crippen molar-refractivity contribution in [3.63, 3.8) is 0 Å². The van der Waals surface area contributed by atoms with Gasteiger partial charge in [0.1, 0.15) is 5.52 Å². The highest BCUT2D eigenvalue weighted by molar-refractivity contribution is 5.71. The van der Waals surface area contributed by atoms with Crippen molar-refractivity contribution < 1.29 is 13.2 Å². The molecule has 1 aliphatic heterocycles. The zero-order valence-corrected chi connectivity index (χ0v) is 14.9. The van der Waals surface area contributed by atoms with Gasteiger partial charge in [-0.3, -0.25) is 4.90 Å². The first kappa shape index (κ1) is 18.0. The molecule has 27 heavy (non-hydrogen) atoms. The first-order valence-corrected chi connectivity index (χ1v) is 9.19. The van der Waals surface area contributed by atoms with Crippen LogP contribution in [0.5, 0.6) is 0 Å². The Hall–Kier alpha value is -2.41. The molecule has 1 aliphatic rings. The number of halogens is 3. The van der Waals surface area contributed by atoms with Crippen molar-refractivity contribution in [2.24, 2.45) is 0 Å². The first-order valence-electron chi connectivity index (χ1n) is 9.19. The third-order valence-corrected chi connectivity index (χ3v) is 5.13. The van der Waals surface area contributed by atoms with E-state index in [2.05, 4.69) is 27.0 Å². The lowest BCUT2D eigenvalue weighted by atomic mass is 10.0. The van der Waals surface area contributed by atoms with Gasteiger partial charge in [-0.2, -0.15) is 13.2 Å². The van der Waals surface area contributed by atoms with Crippen LogP contribution in [0.25, 0.3) is 11.2 Å². The topological polar surface area (TPSA) is 34.0 Å². The summed E-state index contributed by atoms with van der Waals surface area (Å²) in [5.74, 6) is -0.860. The van der Waals surface area contributed by atoms with Gasteiger partial charge in [0.25, 0.3) is 0 Å². The summed E-state index contributed by atoms with van der Waals surface area (Å²) in [7, 11) is 0. The Kier molecular flexibility index (Phi) is 4.86. The molecule has 7 heteroatoms. The molecule has 4 rings (SSSR count). The van der Waals surface area contributed by atoms with Gasteiger partial charge in [-0.25, -0.2) is 9.97 Å². The molecule has 1 atom stereocenters. The highest BCUT2D eigenvalue weighted by Gasteiger charge is 2.39. The molecular formula is C20H21F3N4. The Labute approximate surface area is 155 Å². The van der Waals surface area contributed by atoms with Crippen LogP contribution in [-0.2, 0) is 19.3 Å². The summed E-state index contributed by atoms with van der Waals surface area (Å²) in [6.45, 7) is 1.88.